The molecule has 0 bridgehead atoms. The van der Waals surface area contributed by atoms with Crippen LogP contribution in [0.2, 0.25) is 10.0 Å². The zero-order valence-electron chi connectivity index (χ0n) is 16.9. The predicted octanol–water partition coefficient (Wildman–Crippen LogP) is 6.77. The molecule has 4 rings (SSSR count). The molecule has 0 fully saturated rings. The summed E-state index contributed by atoms with van der Waals surface area (Å²) in [6, 6.07) is 21.0. The molecule has 1 aromatic heterocycles. The topological polar surface area (TPSA) is 39.1 Å². The van der Waals surface area contributed by atoms with Crippen molar-refractivity contribution in [3.8, 4) is 11.1 Å². The zero-order valence-corrected chi connectivity index (χ0v) is 18.5. The second-order valence-electron chi connectivity index (χ2n) is 6.53. The first-order valence-corrected chi connectivity index (χ1v) is 10.4. The second kappa shape index (κ2) is 9.29. The van der Waals surface area contributed by atoms with Gasteiger partial charge in [-0.1, -0.05) is 49.2 Å². The zero-order chi connectivity index (χ0) is 21.8. The summed E-state index contributed by atoms with van der Waals surface area (Å²) < 4.78 is 1.57. The van der Waals surface area contributed by atoms with E-state index in [4.69, 9.17) is 23.2 Å². The molecule has 0 aliphatic rings. The molecule has 0 N–H and O–H groups in total. The molecule has 0 atom stereocenters. The molecular weight excluding hydrogens is 417 g/mol. The van der Waals surface area contributed by atoms with Gasteiger partial charge >= 0.3 is 0 Å². The van der Waals surface area contributed by atoms with Gasteiger partial charge in [-0.2, -0.15) is 0 Å². The van der Waals surface area contributed by atoms with Gasteiger partial charge in [0.1, 0.15) is 0 Å². The number of carbonyl (C=O) groups is 1. The number of aromatic nitrogens is 1. The van der Waals surface area contributed by atoms with Crippen molar-refractivity contribution < 1.29 is 4.79 Å². The van der Waals surface area contributed by atoms with Gasteiger partial charge in [0.05, 0.1) is 5.52 Å². The van der Waals surface area contributed by atoms with E-state index < -0.39 is 0 Å². The van der Waals surface area contributed by atoms with E-state index in [0.717, 1.165) is 22.0 Å². The van der Waals surface area contributed by atoms with Crippen molar-refractivity contribution in [2.45, 2.75) is 13.8 Å². The van der Waals surface area contributed by atoms with Crippen LogP contribution in [0.1, 0.15) is 29.8 Å². The lowest BCUT2D eigenvalue weighted by Crippen LogP contribution is -2.16. The molecule has 3 aromatic carbocycles. The van der Waals surface area contributed by atoms with Crippen LogP contribution in [0.3, 0.4) is 0 Å². The number of rotatable bonds is 3. The third kappa shape index (κ3) is 4.33. The van der Waals surface area contributed by atoms with Gasteiger partial charge in [-0.25, -0.2) is 0 Å². The number of aryl methyl sites for hydroxylation is 1. The van der Waals surface area contributed by atoms with E-state index in [1.54, 1.807) is 60.1 Å². The summed E-state index contributed by atoms with van der Waals surface area (Å²) in [5, 5.41) is 1.97. The van der Waals surface area contributed by atoms with Gasteiger partial charge in [0, 0.05) is 39.7 Å². The predicted molar refractivity (Wildman–Crippen MR) is 126 cm³/mol. The molecule has 0 radical (unpaired) electrons. The van der Waals surface area contributed by atoms with Crippen LogP contribution >= 0.6 is 23.2 Å². The fourth-order valence-corrected chi connectivity index (χ4v) is 3.58. The van der Waals surface area contributed by atoms with Crippen molar-refractivity contribution in [1.29, 1.82) is 0 Å². The summed E-state index contributed by atoms with van der Waals surface area (Å²) >= 11 is 12.1. The van der Waals surface area contributed by atoms with E-state index >= 15 is 0 Å². The second-order valence-corrected chi connectivity index (χ2v) is 7.41. The third-order valence-corrected chi connectivity index (χ3v) is 5.24. The van der Waals surface area contributed by atoms with Gasteiger partial charge in [-0.15, -0.1) is 0 Å². The van der Waals surface area contributed by atoms with E-state index in [9.17, 15) is 9.59 Å². The molecule has 3 nitrogen and oxygen atoms in total. The van der Waals surface area contributed by atoms with Crippen LogP contribution in [-0.2, 0) is 7.05 Å². The van der Waals surface area contributed by atoms with Crippen LogP contribution in [0.15, 0.2) is 77.6 Å². The summed E-state index contributed by atoms with van der Waals surface area (Å²) in [6.45, 7) is 4.00. The number of halogens is 2. The average Bonchev–Trinajstić information content (AvgIpc) is 2.77. The van der Waals surface area contributed by atoms with Gasteiger partial charge < -0.3 is 4.57 Å². The minimum atomic E-state index is -0.126. The standard InChI is InChI=1S/C23H15Cl2NO2.C2H6/c1-26-21-10-7-16(23(28)14-5-8-17(24)9-6-14)12-20(21)19(13-22(26)27)15-3-2-4-18(25)11-15;1-2/h2-13H,1H3;1-2H3. The van der Waals surface area contributed by atoms with Crippen molar-refractivity contribution >= 4 is 39.9 Å². The largest absolute Gasteiger partial charge is 0.311 e. The highest BCUT2D eigenvalue weighted by Gasteiger charge is 2.14. The fraction of sp³-hybridized carbons (Fsp3) is 0.120. The highest BCUT2D eigenvalue weighted by molar-refractivity contribution is 6.31. The van der Waals surface area contributed by atoms with Crippen LogP contribution in [0, 0.1) is 0 Å². The Hall–Kier alpha value is -2.88. The molecule has 152 valence electrons. The van der Waals surface area contributed by atoms with Crippen LogP contribution in [0.5, 0.6) is 0 Å². The first kappa shape index (κ1) is 21.8. The molecule has 0 amide bonds. The number of carbonyl (C=O) groups excluding carboxylic acids is 1. The first-order valence-electron chi connectivity index (χ1n) is 9.64. The van der Waals surface area contributed by atoms with Gasteiger partial charge in [-0.05, 0) is 65.7 Å². The monoisotopic (exact) mass is 437 g/mol. The lowest BCUT2D eigenvalue weighted by Gasteiger charge is -2.12. The van der Waals surface area contributed by atoms with E-state index in [2.05, 4.69) is 0 Å². The molecule has 0 spiro atoms. The summed E-state index contributed by atoms with van der Waals surface area (Å²) in [7, 11) is 1.72. The quantitative estimate of drug-likeness (QED) is 0.331. The normalized spacial score (nSPS) is 10.4. The van der Waals surface area contributed by atoms with Gasteiger partial charge in [0.15, 0.2) is 5.78 Å². The Morgan fingerprint density at radius 1 is 0.800 bits per heavy atom. The molecular formula is C25H21Cl2NO2. The number of nitrogens with zero attached hydrogens (tertiary/aromatic N) is 1. The number of ketones is 1. The smallest absolute Gasteiger partial charge is 0.251 e. The lowest BCUT2D eigenvalue weighted by molar-refractivity contribution is 0.103. The number of pyridine rings is 1. The van der Waals surface area contributed by atoms with Crippen molar-refractivity contribution in [1.82, 2.24) is 4.57 Å². The van der Waals surface area contributed by atoms with Crippen LogP contribution in [0.25, 0.3) is 22.0 Å². The first-order chi connectivity index (χ1) is 14.4. The average molecular weight is 438 g/mol. The number of fused-ring (bicyclic) bond motifs is 1. The van der Waals surface area contributed by atoms with E-state index in [0.29, 0.717) is 21.2 Å². The van der Waals surface area contributed by atoms with Crippen LogP contribution < -0.4 is 5.56 Å². The molecule has 0 saturated carbocycles. The molecule has 30 heavy (non-hydrogen) atoms. The summed E-state index contributed by atoms with van der Waals surface area (Å²) in [5.41, 5.74) is 3.28. The third-order valence-electron chi connectivity index (χ3n) is 4.75. The molecule has 1 heterocycles. The Bertz CT molecular complexity index is 1270. The van der Waals surface area contributed by atoms with Crippen molar-refractivity contribution in [3.05, 3.63) is 104 Å². The molecule has 5 heteroatoms. The van der Waals surface area contributed by atoms with Gasteiger partial charge in [0.25, 0.3) is 5.56 Å². The Kier molecular flexibility index (Phi) is 6.76. The maximum Gasteiger partial charge on any atom is 0.251 e. The van der Waals surface area contributed by atoms with Crippen LogP contribution in [0.4, 0.5) is 0 Å². The lowest BCUT2D eigenvalue weighted by atomic mass is 9.96. The minimum Gasteiger partial charge on any atom is -0.311 e. The van der Waals surface area contributed by atoms with E-state index in [-0.39, 0.29) is 11.3 Å². The minimum absolute atomic E-state index is 0.107. The number of hydrogen-bond donors (Lipinski definition) is 0. The molecule has 0 aliphatic heterocycles. The Balaban J connectivity index is 0.00000124. The van der Waals surface area contributed by atoms with Crippen molar-refractivity contribution in [2.24, 2.45) is 7.05 Å². The highest BCUT2D eigenvalue weighted by atomic mass is 35.5. The van der Waals surface area contributed by atoms with E-state index in [1.807, 2.05) is 38.1 Å². The maximum atomic E-state index is 12.9. The fourth-order valence-electron chi connectivity index (χ4n) is 3.27. The molecule has 0 saturated heterocycles. The maximum absolute atomic E-state index is 12.9. The Morgan fingerprint density at radius 2 is 1.47 bits per heavy atom. The summed E-state index contributed by atoms with van der Waals surface area (Å²) in [6.07, 6.45) is 0. The Labute approximate surface area is 185 Å². The Morgan fingerprint density at radius 3 is 2.13 bits per heavy atom. The van der Waals surface area contributed by atoms with Crippen molar-refractivity contribution in [2.75, 3.05) is 0 Å². The summed E-state index contributed by atoms with van der Waals surface area (Å²) in [5.74, 6) is -0.107. The van der Waals surface area contributed by atoms with Crippen LogP contribution in [-0.4, -0.2) is 10.4 Å². The van der Waals surface area contributed by atoms with Gasteiger partial charge in [0.2, 0.25) is 0 Å². The molecule has 4 aromatic rings. The van der Waals surface area contributed by atoms with E-state index in [1.165, 1.54) is 0 Å². The molecule has 0 unspecified atom stereocenters. The molecule has 0 aliphatic carbocycles. The number of benzene rings is 3. The van der Waals surface area contributed by atoms with Gasteiger partial charge in [-0.3, -0.25) is 9.59 Å². The number of hydrogen-bond acceptors (Lipinski definition) is 2. The van der Waals surface area contributed by atoms with Crippen molar-refractivity contribution in [3.63, 3.8) is 0 Å². The highest BCUT2D eigenvalue weighted by Crippen LogP contribution is 2.30. The summed E-state index contributed by atoms with van der Waals surface area (Å²) in [4.78, 5) is 25.4. The SMILES string of the molecule is CC.Cn1c(=O)cc(-c2cccc(Cl)c2)c2cc(C(=O)c3ccc(Cl)cc3)ccc21.